The van der Waals surface area contributed by atoms with Crippen molar-refractivity contribution in [1.29, 1.82) is 0 Å². The Hall–Kier alpha value is -3.57. The molecule has 37 heavy (non-hydrogen) atoms. The zero-order valence-electron chi connectivity index (χ0n) is 21.5. The van der Waals surface area contributed by atoms with Gasteiger partial charge in [-0.3, -0.25) is 0 Å². The van der Waals surface area contributed by atoms with E-state index in [9.17, 15) is 8.42 Å². The summed E-state index contributed by atoms with van der Waals surface area (Å²) < 4.78 is 50.2. The minimum Gasteiger partial charge on any atom is -0.494 e. The number of ether oxygens (including phenoxy) is 4. The van der Waals surface area contributed by atoms with Gasteiger partial charge in [-0.25, -0.2) is 8.42 Å². The number of rotatable bonds is 10. The van der Waals surface area contributed by atoms with E-state index in [2.05, 4.69) is 10.2 Å². The molecule has 2 heterocycles. The number of piperazine rings is 1. The van der Waals surface area contributed by atoms with E-state index in [1.165, 1.54) is 4.31 Å². The van der Waals surface area contributed by atoms with E-state index in [0.717, 1.165) is 5.56 Å². The summed E-state index contributed by atoms with van der Waals surface area (Å²) in [6.45, 7) is 6.15. The van der Waals surface area contributed by atoms with Crippen LogP contribution < -0.4 is 23.8 Å². The molecule has 0 radical (unpaired) electrons. The summed E-state index contributed by atoms with van der Waals surface area (Å²) in [5.74, 6) is 2.82. The van der Waals surface area contributed by atoms with E-state index >= 15 is 0 Å². The minimum atomic E-state index is -3.74. The Kier molecular flexibility index (Phi) is 8.34. The normalized spacial score (nSPS) is 14.3. The van der Waals surface area contributed by atoms with Crippen molar-refractivity contribution in [2.75, 3.05) is 58.5 Å². The molecule has 4 rings (SSSR count). The summed E-state index contributed by atoms with van der Waals surface area (Å²) in [6, 6.07) is 14.2. The summed E-state index contributed by atoms with van der Waals surface area (Å²) in [5, 5.41) is 8.77. The van der Waals surface area contributed by atoms with E-state index < -0.39 is 10.0 Å². The molecule has 0 amide bonds. The van der Waals surface area contributed by atoms with Gasteiger partial charge in [0.15, 0.2) is 17.3 Å². The quantitative estimate of drug-likeness (QED) is 0.391. The van der Waals surface area contributed by atoms with Crippen LogP contribution in [0.25, 0.3) is 11.3 Å². The van der Waals surface area contributed by atoms with Crippen LogP contribution in [0, 0.1) is 0 Å². The van der Waals surface area contributed by atoms with Gasteiger partial charge in [-0.1, -0.05) is 0 Å². The molecule has 198 valence electrons. The molecule has 1 aliphatic heterocycles. The van der Waals surface area contributed by atoms with Gasteiger partial charge in [0.2, 0.25) is 10.0 Å². The molecule has 0 saturated carbocycles. The zero-order chi connectivity index (χ0) is 26.4. The molecule has 0 N–H and O–H groups in total. The Labute approximate surface area is 217 Å². The van der Waals surface area contributed by atoms with Gasteiger partial charge in [-0.05, 0) is 56.3 Å². The lowest BCUT2D eigenvalue weighted by Crippen LogP contribution is -2.49. The molecule has 1 fully saturated rings. The lowest BCUT2D eigenvalue weighted by molar-refractivity contribution is 0.314. The monoisotopic (exact) mass is 528 g/mol. The lowest BCUT2D eigenvalue weighted by atomic mass is 10.1. The average Bonchev–Trinajstić information content (AvgIpc) is 2.93. The highest BCUT2D eigenvalue weighted by Crippen LogP contribution is 2.33. The Bertz CT molecular complexity index is 1310. The fourth-order valence-electron chi connectivity index (χ4n) is 4.17. The van der Waals surface area contributed by atoms with Gasteiger partial charge in [0.05, 0.1) is 33.1 Å². The molecule has 11 heteroatoms. The summed E-state index contributed by atoms with van der Waals surface area (Å²) in [4.78, 5) is 2.17. The first kappa shape index (κ1) is 26.5. The highest BCUT2D eigenvalue weighted by atomic mass is 32.2. The summed E-state index contributed by atoms with van der Waals surface area (Å²) >= 11 is 0. The van der Waals surface area contributed by atoms with Crippen LogP contribution in [0.3, 0.4) is 0 Å². The first-order valence-electron chi connectivity index (χ1n) is 12.1. The second-order valence-electron chi connectivity index (χ2n) is 8.21. The van der Waals surface area contributed by atoms with Gasteiger partial charge < -0.3 is 23.8 Å². The molecule has 0 bridgehead atoms. The summed E-state index contributed by atoms with van der Waals surface area (Å²) in [6.07, 6.45) is 0. The highest BCUT2D eigenvalue weighted by molar-refractivity contribution is 7.89. The molecule has 0 atom stereocenters. The van der Waals surface area contributed by atoms with Crippen LogP contribution in [0.4, 0.5) is 5.82 Å². The average molecular weight is 529 g/mol. The van der Waals surface area contributed by atoms with Crippen LogP contribution >= 0.6 is 0 Å². The lowest BCUT2D eigenvalue weighted by Gasteiger charge is -2.34. The Morgan fingerprint density at radius 2 is 1.51 bits per heavy atom. The smallest absolute Gasteiger partial charge is 0.246 e. The van der Waals surface area contributed by atoms with Crippen molar-refractivity contribution < 1.29 is 27.4 Å². The van der Waals surface area contributed by atoms with Crippen LogP contribution in [0.5, 0.6) is 23.0 Å². The van der Waals surface area contributed by atoms with E-state index in [4.69, 9.17) is 18.9 Å². The van der Waals surface area contributed by atoms with Crippen LogP contribution in [0.2, 0.25) is 0 Å². The maximum absolute atomic E-state index is 13.4. The van der Waals surface area contributed by atoms with Crippen molar-refractivity contribution in [3.05, 3.63) is 48.5 Å². The fourth-order valence-corrected chi connectivity index (χ4v) is 5.70. The molecular formula is C26H32N4O6S. The van der Waals surface area contributed by atoms with E-state index in [-0.39, 0.29) is 4.90 Å². The molecular weight excluding hydrogens is 496 g/mol. The van der Waals surface area contributed by atoms with Crippen molar-refractivity contribution in [1.82, 2.24) is 14.5 Å². The van der Waals surface area contributed by atoms with Crippen LogP contribution in [0.15, 0.2) is 53.4 Å². The van der Waals surface area contributed by atoms with Crippen molar-refractivity contribution >= 4 is 15.8 Å². The molecule has 2 aromatic carbocycles. The summed E-state index contributed by atoms with van der Waals surface area (Å²) in [7, 11) is -0.562. The van der Waals surface area contributed by atoms with E-state index in [1.807, 2.05) is 49.1 Å². The predicted octanol–water partition coefficient (Wildman–Crippen LogP) is 3.47. The van der Waals surface area contributed by atoms with Crippen molar-refractivity contribution in [3.8, 4) is 34.3 Å². The molecule has 0 aliphatic carbocycles. The van der Waals surface area contributed by atoms with Crippen molar-refractivity contribution in [3.63, 3.8) is 0 Å². The number of hydrogen-bond donors (Lipinski definition) is 0. The third-order valence-electron chi connectivity index (χ3n) is 6.04. The Balaban J connectivity index is 1.45. The molecule has 10 nitrogen and oxygen atoms in total. The second kappa shape index (κ2) is 11.7. The van der Waals surface area contributed by atoms with E-state index in [0.29, 0.717) is 73.9 Å². The number of sulfonamides is 1. The molecule has 0 spiro atoms. The standard InChI is InChI=1S/C26H32N4O6S/c1-5-35-20-8-11-25(24(18-20)36-6-2)37(31,32)30-15-13-29(14-16-30)26-12-9-21(27-28-26)19-7-10-22(33-3)23(17-19)34-4/h7-12,17-18H,5-6,13-16H2,1-4H3. The fraction of sp³-hybridized carbons (Fsp3) is 0.385. The number of hydrogen-bond acceptors (Lipinski definition) is 9. The van der Waals surface area contributed by atoms with Gasteiger partial charge >= 0.3 is 0 Å². The third kappa shape index (κ3) is 5.72. The first-order chi connectivity index (χ1) is 17.9. The Morgan fingerprint density at radius 3 is 2.14 bits per heavy atom. The predicted molar refractivity (Wildman–Crippen MR) is 140 cm³/mol. The highest BCUT2D eigenvalue weighted by Gasteiger charge is 2.31. The van der Waals surface area contributed by atoms with Crippen molar-refractivity contribution in [2.45, 2.75) is 18.7 Å². The van der Waals surface area contributed by atoms with Gasteiger partial charge in [-0.2, -0.15) is 4.31 Å². The Morgan fingerprint density at radius 1 is 0.784 bits per heavy atom. The number of benzene rings is 2. The SMILES string of the molecule is CCOc1ccc(S(=O)(=O)N2CCN(c3ccc(-c4ccc(OC)c(OC)c4)nn3)CC2)c(OCC)c1. The molecule has 1 aliphatic rings. The number of anilines is 1. The maximum Gasteiger partial charge on any atom is 0.246 e. The maximum atomic E-state index is 13.4. The van der Waals surface area contributed by atoms with Gasteiger partial charge in [0, 0.05) is 37.8 Å². The first-order valence-corrected chi connectivity index (χ1v) is 13.6. The number of methoxy groups -OCH3 is 2. The topological polar surface area (TPSA) is 103 Å². The number of aromatic nitrogens is 2. The largest absolute Gasteiger partial charge is 0.494 e. The molecule has 1 saturated heterocycles. The van der Waals surface area contributed by atoms with Gasteiger partial charge in [0.25, 0.3) is 0 Å². The minimum absolute atomic E-state index is 0.144. The third-order valence-corrected chi connectivity index (χ3v) is 7.97. The van der Waals surface area contributed by atoms with Gasteiger partial charge in [-0.15, -0.1) is 10.2 Å². The second-order valence-corrected chi connectivity index (χ2v) is 10.1. The van der Waals surface area contributed by atoms with Crippen LogP contribution in [-0.2, 0) is 10.0 Å². The molecule has 0 unspecified atom stereocenters. The van der Waals surface area contributed by atoms with E-state index in [1.54, 1.807) is 32.4 Å². The zero-order valence-corrected chi connectivity index (χ0v) is 22.3. The molecule has 3 aromatic rings. The van der Waals surface area contributed by atoms with Crippen LogP contribution in [0.1, 0.15) is 13.8 Å². The van der Waals surface area contributed by atoms with Crippen molar-refractivity contribution in [2.24, 2.45) is 0 Å². The number of nitrogens with zero attached hydrogens (tertiary/aromatic N) is 4. The summed E-state index contributed by atoms with van der Waals surface area (Å²) in [5.41, 5.74) is 1.55. The van der Waals surface area contributed by atoms with Crippen LogP contribution in [-0.4, -0.2) is 76.5 Å². The van der Waals surface area contributed by atoms with Gasteiger partial charge in [0.1, 0.15) is 16.4 Å². The molecule has 1 aromatic heterocycles.